The van der Waals surface area contributed by atoms with Gasteiger partial charge in [0.2, 0.25) is 0 Å². The maximum atomic E-state index is 12.9. The number of phenolic OH excluding ortho intramolecular Hbond substituents is 1. The second-order valence-corrected chi connectivity index (χ2v) is 5.44. The monoisotopic (exact) mass is 388 g/mol. The fourth-order valence-corrected chi connectivity index (χ4v) is 2.44. The summed E-state index contributed by atoms with van der Waals surface area (Å²) in [5.41, 5.74) is 3.51. The number of carbonyl (C=O) groups excluding carboxylic acids is 2. The highest BCUT2D eigenvalue weighted by atomic mass is 35.5. The lowest BCUT2D eigenvalue weighted by atomic mass is 10.1. The first-order valence-corrected chi connectivity index (χ1v) is 7.31. The van der Waals surface area contributed by atoms with Gasteiger partial charge in [0, 0.05) is 0 Å². The van der Waals surface area contributed by atoms with Crippen molar-refractivity contribution in [3.8, 4) is 5.75 Å². The first kappa shape index (κ1) is 19.4. The molecule has 0 aromatic heterocycles. The van der Waals surface area contributed by atoms with Gasteiger partial charge in [-0.3, -0.25) is 4.90 Å². The molecule has 0 aliphatic rings. The van der Waals surface area contributed by atoms with Crippen molar-refractivity contribution in [1.82, 2.24) is 0 Å². The quantitative estimate of drug-likeness (QED) is 0.775. The molecule has 2 aromatic carbocycles. The molecule has 0 radical (unpaired) electrons. The number of aromatic hydroxyl groups is 1. The van der Waals surface area contributed by atoms with Crippen molar-refractivity contribution in [3.63, 3.8) is 0 Å². The van der Waals surface area contributed by atoms with Crippen LogP contribution in [0.5, 0.6) is 5.75 Å². The Morgan fingerprint density at radius 3 is 2.42 bits per heavy atom. The van der Waals surface area contributed by atoms with Crippen molar-refractivity contribution in [2.75, 3.05) is 12.0 Å². The van der Waals surface area contributed by atoms with Crippen LogP contribution in [-0.4, -0.2) is 24.2 Å². The van der Waals surface area contributed by atoms with E-state index in [1.54, 1.807) is 0 Å². The van der Waals surface area contributed by atoms with Gasteiger partial charge in [0.1, 0.15) is 5.75 Å². The minimum Gasteiger partial charge on any atom is -0.506 e. The number of rotatable bonds is 3. The van der Waals surface area contributed by atoms with Gasteiger partial charge in [-0.25, -0.2) is 9.59 Å². The number of phenols is 1. The number of anilines is 2. The lowest BCUT2D eigenvalue weighted by Gasteiger charge is -2.23. The number of urea groups is 1. The van der Waals surface area contributed by atoms with Gasteiger partial charge in [-0.2, -0.15) is 13.2 Å². The maximum Gasteiger partial charge on any atom is 0.416 e. The van der Waals surface area contributed by atoms with Crippen LogP contribution in [-0.2, 0) is 10.9 Å². The van der Waals surface area contributed by atoms with Crippen molar-refractivity contribution in [2.24, 2.45) is 5.73 Å². The number of hydrogen-bond acceptors (Lipinski definition) is 4. The van der Waals surface area contributed by atoms with Crippen molar-refractivity contribution in [1.29, 1.82) is 0 Å². The number of benzene rings is 2. The first-order valence-electron chi connectivity index (χ1n) is 6.94. The second-order valence-electron chi connectivity index (χ2n) is 5.03. The van der Waals surface area contributed by atoms with Crippen LogP contribution in [0, 0.1) is 0 Å². The van der Waals surface area contributed by atoms with E-state index < -0.39 is 29.5 Å². The molecule has 138 valence electrons. The first-order chi connectivity index (χ1) is 12.1. The Morgan fingerprint density at radius 2 is 1.88 bits per heavy atom. The van der Waals surface area contributed by atoms with Crippen LogP contribution in [0.25, 0.3) is 0 Å². The van der Waals surface area contributed by atoms with Gasteiger partial charge in [-0.05, 0) is 30.3 Å². The number of carbonyl (C=O) groups is 2. The van der Waals surface area contributed by atoms with Crippen molar-refractivity contribution < 1.29 is 32.6 Å². The molecule has 26 heavy (non-hydrogen) atoms. The number of halogens is 4. The number of nitrogens with zero attached hydrogens (tertiary/aromatic N) is 1. The predicted molar refractivity (Wildman–Crippen MR) is 87.6 cm³/mol. The van der Waals surface area contributed by atoms with Gasteiger partial charge < -0.3 is 15.6 Å². The number of hydrogen-bond donors (Lipinski definition) is 2. The molecule has 0 atom stereocenters. The van der Waals surface area contributed by atoms with Crippen LogP contribution in [0.2, 0.25) is 5.02 Å². The van der Waals surface area contributed by atoms with Gasteiger partial charge in [-0.1, -0.05) is 17.7 Å². The summed E-state index contributed by atoms with van der Waals surface area (Å²) in [5, 5.41) is 9.94. The van der Waals surface area contributed by atoms with E-state index in [1.807, 2.05) is 0 Å². The number of ether oxygens (including phenoxy) is 1. The Labute approximate surface area is 150 Å². The Bertz CT molecular complexity index is 871. The molecule has 2 rings (SSSR count). The second kappa shape index (κ2) is 7.12. The van der Waals surface area contributed by atoms with E-state index >= 15 is 0 Å². The van der Waals surface area contributed by atoms with Gasteiger partial charge in [0.15, 0.2) is 0 Å². The van der Waals surface area contributed by atoms with E-state index in [0.29, 0.717) is 11.0 Å². The fraction of sp³-hybridized carbons (Fsp3) is 0.125. The molecule has 0 aliphatic carbocycles. The molecule has 2 amide bonds. The molecule has 3 N–H and O–H groups in total. The zero-order valence-electron chi connectivity index (χ0n) is 13.2. The third kappa shape index (κ3) is 3.83. The minimum absolute atomic E-state index is 0.191. The molecule has 0 spiro atoms. The minimum atomic E-state index is -4.65. The normalized spacial score (nSPS) is 11.1. The summed E-state index contributed by atoms with van der Waals surface area (Å²) < 4.78 is 43.2. The van der Waals surface area contributed by atoms with E-state index in [0.717, 1.165) is 31.4 Å². The highest BCUT2D eigenvalue weighted by Gasteiger charge is 2.32. The Balaban J connectivity index is 2.61. The number of alkyl halides is 3. The highest BCUT2D eigenvalue weighted by molar-refractivity contribution is 6.34. The van der Waals surface area contributed by atoms with Crippen LogP contribution in [0.1, 0.15) is 15.9 Å². The predicted octanol–water partition coefficient (Wildman–Crippen LogP) is 4.07. The Hall–Kier alpha value is -2.94. The third-order valence-corrected chi connectivity index (χ3v) is 3.68. The molecule has 6 nitrogen and oxygen atoms in total. The van der Waals surface area contributed by atoms with Crippen LogP contribution in [0.4, 0.5) is 29.3 Å². The molecule has 0 unspecified atom stereocenters. The zero-order chi connectivity index (χ0) is 19.6. The van der Waals surface area contributed by atoms with Crippen molar-refractivity contribution >= 4 is 35.0 Å². The molecule has 10 heteroatoms. The molecule has 2 aromatic rings. The van der Waals surface area contributed by atoms with Crippen LogP contribution in [0.15, 0.2) is 36.4 Å². The molecular weight excluding hydrogens is 377 g/mol. The topological polar surface area (TPSA) is 92.9 Å². The largest absolute Gasteiger partial charge is 0.506 e. The van der Waals surface area contributed by atoms with E-state index in [2.05, 4.69) is 4.74 Å². The Kier molecular flexibility index (Phi) is 5.31. The summed E-state index contributed by atoms with van der Waals surface area (Å²) in [6.45, 7) is 0. The molecule has 0 fully saturated rings. The Morgan fingerprint density at radius 1 is 1.23 bits per heavy atom. The molecule has 0 saturated heterocycles. The number of amides is 2. The van der Waals surface area contributed by atoms with Crippen molar-refractivity contribution in [2.45, 2.75) is 6.18 Å². The van der Waals surface area contributed by atoms with Gasteiger partial charge in [0.05, 0.1) is 34.6 Å². The van der Waals surface area contributed by atoms with Crippen molar-refractivity contribution in [3.05, 3.63) is 52.5 Å². The number of nitrogens with two attached hydrogens (primary N) is 1. The highest BCUT2D eigenvalue weighted by Crippen LogP contribution is 2.39. The van der Waals surface area contributed by atoms with E-state index in [9.17, 15) is 27.9 Å². The number of methoxy groups -OCH3 is 1. The van der Waals surface area contributed by atoms with E-state index in [-0.39, 0.29) is 22.0 Å². The summed E-state index contributed by atoms with van der Waals surface area (Å²) in [4.78, 5) is 24.0. The molecule has 0 aliphatic heterocycles. The lowest BCUT2D eigenvalue weighted by molar-refractivity contribution is -0.137. The maximum absolute atomic E-state index is 12.9. The third-order valence-electron chi connectivity index (χ3n) is 3.36. The van der Waals surface area contributed by atoms with Crippen LogP contribution in [0.3, 0.4) is 0 Å². The lowest BCUT2D eigenvalue weighted by Crippen LogP contribution is -2.31. The summed E-state index contributed by atoms with van der Waals surface area (Å²) in [6, 6.07) is 4.56. The van der Waals surface area contributed by atoms with Crippen LogP contribution < -0.4 is 10.6 Å². The number of esters is 1. The summed E-state index contributed by atoms with van der Waals surface area (Å²) in [6.07, 6.45) is -4.65. The fourth-order valence-electron chi connectivity index (χ4n) is 2.20. The smallest absolute Gasteiger partial charge is 0.416 e. The summed E-state index contributed by atoms with van der Waals surface area (Å²) in [7, 11) is 1.10. The average molecular weight is 389 g/mol. The molecular formula is C16H12ClF3N2O4. The molecule has 0 heterocycles. The molecule has 0 saturated carbocycles. The average Bonchev–Trinajstić information content (AvgIpc) is 2.56. The molecule has 0 bridgehead atoms. The van der Waals surface area contributed by atoms with Crippen LogP contribution >= 0.6 is 11.6 Å². The SMILES string of the molecule is COC(=O)c1cc(O)c(N(C(N)=O)c2cccc(C(F)(F)F)c2)cc1Cl. The van der Waals surface area contributed by atoms with Gasteiger partial charge in [0.25, 0.3) is 0 Å². The summed E-state index contributed by atoms with van der Waals surface area (Å²) >= 11 is 5.94. The zero-order valence-corrected chi connectivity index (χ0v) is 13.9. The standard InChI is InChI=1S/C16H12ClF3N2O4/c1-26-14(24)10-6-13(23)12(7-11(10)17)22(15(21)25)9-4-2-3-8(5-9)16(18,19)20/h2-7,23H,1H3,(H2,21,25). The van der Waals surface area contributed by atoms with E-state index in [1.165, 1.54) is 6.07 Å². The van der Waals surface area contributed by atoms with Gasteiger partial charge >= 0.3 is 18.2 Å². The number of primary amides is 1. The van der Waals surface area contributed by atoms with E-state index in [4.69, 9.17) is 17.3 Å². The summed E-state index contributed by atoms with van der Waals surface area (Å²) in [5.74, 6) is -1.45. The van der Waals surface area contributed by atoms with Gasteiger partial charge in [-0.15, -0.1) is 0 Å².